The molecule has 8 nitrogen and oxygen atoms in total. The number of nitrogens with zero attached hydrogens (tertiary/aromatic N) is 4. The molecule has 4 heterocycles. The van der Waals surface area contributed by atoms with Crippen LogP contribution in [0.15, 0.2) is 78.1 Å². The van der Waals surface area contributed by atoms with Crippen molar-refractivity contribution in [2.24, 2.45) is 0 Å². The largest absolute Gasteiger partial charge is 0.379 e. The Morgan fingerprint density at radius 3 is 2.66 bits per heavy atom. The molecule has 206 valence electrons. The third-order valence-corrected chi connectivity index (χ3v) is 7.71. The summed E-state index contributed by atoms with van der Waals surface area (Å²) in [6.45, 7) is 4.21. The van der Waals surface area contributed by atoms with Crippen LogP contribution in [-0.4, -0.2) is 55.6 Å². The second-order valence-electron chi connectivity index (χ2n) is 9.37. The van der Waals surface area contributed by atoms with E-state index in [1.807, 2.05) is 12.1 Å². The molecule has 1 aliphatic rings. The zero-order chi connectivity index (χ0) is 28.2. The molecule has 6 rings (SSSR count). The average Bonchev–Trinajstić information content (AvgIpc) is 3.43. The van der Waals surface area contributed by atoms with Crippen molar-refractivity contribution in [1.29, 1.82) is 0 Å². The van der Waals surface area contributed by atoms with Crippen molar-refractivity contribution >= 4 is 27.7 Å². The van der Waals surface area contributed by atoms with Gasteiger partial charge in [0.05, 0.1) is 35.1 Å². The van der Waals surface area contributed by atoms with Crippen molar-refractivity contribution in [3.05, 3.63) is 102 Å². The van der Waals surface area contributed by atoms with Crippen LogP contribution in [0.2, 0.25) is 0 Å². The van der Waals surface area contributed by atoms with Crippen molar-refractivity contribution in [3.63, 3.8) is 0 Å². The van der Waals surface area contributed by atoms with Crippen molar-refractivity contribution in [2.45, 2.75) is 11.4 Å². The molecule has 0 amide bonds. The summed E-state index contributed by atoms with van der Waals surface area (Å²) in [6.07, 6.45) is 4.44. The van der Waals surface area contributed by atoms with Crippen molar-refractivity contribution in [3.8, 4) is 23.1 Å². The van der Waals surface area contributed by atoms with Gasteiger partial charge in [-0.25, -0.2) is 18.0 Å². The van der Waals surface area contributed by atoms with E-state index in [-0.39, 0.29) is 5.69 Å². The number of ether oxygens (including phenoxy) is 1. The Hall–Kier alpha value is -4.50. The zero-order valence-corrected chi connectivity index (χ0v) is 22.5. The lowest BCUT2D eigenvalue weighted by molar-refractivity contribution is 0.0342. The second kappa shape index (κ2) is 11.9. The second-order valence-corrected chi connectivity index (χ2v) is 10.6. The van der Waals surface area contributed by atoms with Crippen LogP contribution in [0.5, 0.6) is 0 Å². The van der Waals surface area contributed by atoms with Gasteiger partial charge in [0.2, 0.25) is 0 Å². The predicted octanol–water partition coefficient (Wildman–Crippen LogP) is 4.66. The lowest BCUT2D eigenvalue weighted by atomic mass is 10.1. The van der Waals surface area contributed by atoms with Crippen LogP contribution in [0.4, 0.5) is 14.5 Å². The third-order valence-electron chi connectivity index (χ3n) is 6.64. The van der Waals surface area contributed by atoms with Crippen LogP contribution in [-0.2, 0) is 22.3 Å². The minimum atomic E-state index is -1.79. The molecule has 0 aliphatic carbocycles. The molecule has 11 heteroatoms. The smallest absolute Gasteiger partial charge is 0.181 e. The number of hydrogen-bond donors (Lipinski definition) is 2. The fourth-order valence-corrected chi connectivity index (χ4v) is 5.31. The van der Waals surface area contributed by atoms with Gasteiger partial charge >= 0.3 is 0 Å². The summed E-state index contributed by atoms with van der Waals surface area (Å²) in [7, 11) is -1.79. The maximum Gasteiger partial charge on any atom is 0.181 e. The summed E-state index contributed by atoms with van der Waals surface area (Å²) in [6, 6.07) is 15.5. The fraction of sp³-hybridized carbons (Fsp3) is 0.167. The van der Waals surface area contributed by atoms with Gasteiger partial charge < -0.3 is 4.74 Å². The molecule has 0 saturated carbocycles. The lowest BCUT2D eigenvalue weighted by Crippen LogP contribution is -2.35. The highest BCUT2D eigenvalue weighted by Gasteiger charge is 2.16. The maximum absolute atomic E-state index is 15.2. The molecule has 5 aromatic rings. The number of hydrogen-bond acceptors (Lipinski definition) is 6. The van der Waals surface area contributed by atoms with Gasteiger partial charge in [-0.1, -0.05) is 36.1 Å². The van der Waals surface area contributed by atoms with Crippen LogP contribution in [0.1, 0.15) is 16.7 Å². The monoisotopic (exact) mass is 570 g/mol. The van der Waals surface area contributed by atoms with Gasteiger partial charge in [0.1, 0.15) is 5.82 Å². The Bertz CT molecular complexity index is 1780. The predicted molar refractivity (Wildman–Crippen MR) is 152 cm³/mol. The van der Waals surface area contributed by atoms with E-state index in [9.17, 15) is 8.60 Å². The van der Waals surface area contributed by atoms with Crippen molar-refractivity contribution in [1.82, 2.24) is 25.1 Å². The van der Waals surface area contributed by atoms with Gasteiger partial charge in [-0.3, -0.25) is 19.7 Å². The SMILES string of the molecule is O=S(Nc1ccc(F)c(C#Cc2cnc3n[nH]c(-c4ccc(CN5CCOCC5)cc4)c3c2)c1F)c1cccnc1. The normalized spacial score (nSPS) is 14.4. The summed E-state index contributed by atoms with van der Waals surface area (Å²) in [5, 5.41) is 8.07. The first-order valence-corrected chi connectivity index (χ1v) is 14.0. The van der Waals surface area contributed by atoms with Crippen LogP contribution in [0, 0.1) is 23.5 Å². The molecule has 41 heavy (non-hydrogen) atoms. The van der Waals surface area contributed by atoms with Crippen LogP contribution < -0.4 is 4.72 Å². The van der Waals surface area contributed by atoms with Crippen molar-refractivity contribution in [2.75, 3.05) is 31.0 Å². The van der Waals surface area contributed by atoms with E-state index in [0.717, 1.165) is 55.6 Å². The summed E-state index contributed by atoms with van der Waals surface area (Å²) < 4.78 is 50.3. The molecule has 0 spiro atoms. The number of anilines is 1. The number of morpholine rings is 1. The van der Waals surface area contributed by atoms with E-state index in [0.29, 0.717) is 16.1 Å². The molecular weight excluding hydrogens is 546 g/mol. The molecule has 1 atom stereocenters. The highest BCUT2D eigenvalue weighted by atomic mass is 32.2. The minimum Gasteiger partial charge on any atom is -0.379 e. The Labute approximate surface area is 237 Å². The molecule has 1 saturated heterocycles. The summed E-state index contributed by atoms with van der Waals surface area (Å²) in [5.41, 5.74) is 3.29. The first-order valence-electron chi connectivity index (χ1n) is 12.9. The standard InChI is InChI=1S/C30H24F2N6O2S/c31-26-9-10-27(37-41(39)23-2-1-11-33-18-23)28(32)24(26)8-5-21-16-25-29(35-36-30(25)34-17-21)22-6-3-20(4-7-22)19-38-12-14-40-15-13-38/h1-4,6-7,9-11,16-18,37H,12-15,19H2,(H,34,35,36). The third kappa shape index (κ3) is 6.00. The fourth-order valence-electron chi connectivity index (χ4n) is 4.48. The number of fused-ring (bicyclic) bond motifs is 1. The van der Waals surface area contributed by atoms with Gasteiger partial charge in [-0.2, -0.15) is 5.10 Å². The van der Waals surface area contributed by atoms with Gasteiger partial charge in [-0.15, -0.1) is 0 Å². The molecule has 1 unspecified atom stereocenters. The Morgan fingerprint density at radius 2 is 1.88 bits per heavy atom. The van der Waals surface area contributed by atoms with E-state index < -0.39 is 28.2 Å². The summed E-state index contributed by atoms with van der Waals surface area (Å²) >= 11 is 0. The Kier molecular flexibility index (Phi) is 7.78. The lowest BCUT2D eigenvalue weighted by Gasteiger charge is -2.26. The van der Waals surface area contributed by atoms with E-state index in [4.69, 9.17) is 4.74 Å². The van der Waals surface area contributed by atoms with E-state index >= 15 is 4.39 Å². The van der Waals surface area contributed by atoms with E-state index in [1.165, 1.54) is 30.2 Å². The van der Waals surface area contributed by atoms with Gasteiger partial charge in [-0.05, 0) is 35.9 Å². The van der Waals surface area contributed by atoms with E-state index in [2.05, 4.69) is 53.8 Å². The van der Waals surface area contributed by atoms with Gasteiger partial charge in [0.25, 0.3) is 0 Å². The molecular formula is C30H24F2N6O2S. The molecule has 3 aromatic heterocycles. The number of aromatic amines is 1. The van der Waals surface area contributed by atoms with Gasteiger partial charge in [0.15, 0.2) is 22.5 Å². The molecule has 2 N–H and O–H groups in total. The van der Waals surface area contributed by atoms with Crippen LogP contribution in [0.25, 0.3) is 22.3 Å². The average molecular weight is 571 g/mol. The van der Waals surface area contributed by atoms with E-state index in [1.54, 1.807) is 18.2 Å². The number of nitrogens with one attached hydrogen (secondary N) is 2. The van der Waals surface area contributed by atoms with Gasteiger partial charge in [0, 0.05) is 54.7 Å². The molecule has 0 radical (unpaired) electrons. The van der Waals surface area contributed by atoms with Crippen LogP contribution in [0.3, 0.4) is 0 Å². The number of halogens is 2. The summed E-state index contributed by atoms with van der Waals surface area (Å²) in [5.74, 6) is 3.61. The molecule has 1 aliphatic heterocycles. The number of H-pyrrole nitrogens is 1. The summed E-state index contributed by atoms with van der Waals surface area (Å²) in [4.78, 5) is 11.0. The molecule has 2 aromatic carbocycles. The van der Waals surface area contributed by atoms with Crippen molar-refractivity contribution < 1.29 is 17.7 Å². The number of aromatic nitrogens is 4. The zero-order valence-electron chi connectivity index (χ0n) is 21.7. The molecule has 0 bridgehead atoms. The highest BCUT2D eigenvalue weighted by Crippen LogP contribution is 2.27. The minimum absolute atomic E-state index is 0.138. The maximum atomic E-state index is 15.2. The first-order chi connectivity index (χ1) is 20.0. The molecule has 1 fully saturated rings. The number of rotatable bonds is 6. The number of benzene rings is 2. The quantitative estimate of drug-likeness (QED) is 0.288. The topological polar surface area (TPSA) is 96.0 Å². The Morgan fingerprint density at radius 1 is 1.05 bits per heavy atom. The first kappa shape index (κ1) is 26.7. The number of pyridine rings is 2. The Balaban J connectivity index is 1.24. The highest BCUT2D eigenvalue weighted by molar-refractivity contribution is 7.86. The van der Waals surface area contributed by atoms with Crippen LogP contribution >= 0.6 is 0 Å².